The summed E-state index contributed by atoms with van der Waals surface area (Å²) in [6, 6.07) is 5.74. The Kier molecular flexibility index (Phi) is 5.36. The van der Waals surface area contributed by atoms with Gasteiger partial charge in [0.15, 0.2) is 5.65 Å². The van der Waals surface area contributed by atoms with Crippen molar-refractivity contribution >= 4 is 34.4 Å². The van der Waals surface area contributed by atoms with Gasteiger partial charge < -0.3 is 25.4 Å². The molecule has 4 bridgehead atoms. The maximum Gasteiger partial charge on any atom is 0.387 e. The van der Waals surface area contributed by atoms with E-state index in [0.29, 0.717) is 28.4 Å². The molecule has 30 heavy (non-hydrogen) atoms. The number of imidazole rings is 1. The van der Waals surface area contributed by atoms with Gasteiger partial charge in [0.05, 0.1) is 30.6 Å². The molecule has 2 aromatic heterocycles. The molecule has 0 radical (unpaired) electrons. The van der Waals surface area contributed by atoms with Crippen LogP contribution in [0.1, 0.15) is 12.5 Å². The van der Waals surface area contributed by atoms with Gasteiger partial charge in [-0.05, 0) is 24.6 Å². The lowest BCUT2D eigenvalue weighted by molar-refractivity contribution is -0.0493. The number of rotatable bonds is 3. The van der Waals surface area contributed by atoms with E-state index < -0.39 is 12.6 Å². The van der Waals surface area contributed by atoms with Crippen LogP contribution >= 0.6 is 0 Å². The van der Waals surface area contributed by atoms with Gasteiger partial charge in [-0.2, -0.15) is 8.78 Å². The smallest absolute Gasteiger partial charge is 0.387 e. The van der Waals surface area contributed by atoms with Crippen LogP contribution in [-0.4, -0.2) is 46.9 Å². The maximum absolute atomic E-state index is 12.9. The fraction of sp³-hybridized carbons (Fsp3) is 0.316. The molecule has 0 saturated heterocycles. The van der Waals surface area contributed by atoms with Crippen molar-refractivity contribution in [1.82, 2.24) is 19.9 Å². The lowest BCUT2D eigenvalue weighted by Gasteiger charge is -2.18. The van der Waals surface area contributed by atoms with Crippen molar-refractivity contribution in [3.05, 3.63) is 36.2 Å². The number of nitrogens with zero attached hydrogens (tertiary/aromatic N) is 3. The summed E-state index contributed by atoms with van der Waals surface area (Å²) in [5, 5.41) is 8.86. The number of ether oxygens (including phenoxy) is 2. The molecule has 0 unspecified atom stereocenters. The van der Waals surface area contributed by atoms with Crippen LogP contribution in [0.3, 0.4) is 0 Å². The molecule has 158 valence electrons. The minimum atomic E-state index is -2.98. The van der Waals surface area contributed by atoms with Crippen molar-refractivity contribution in [2.75, 3.05) is 24.3 Å². The number of nitrogens with one attached hydrogen (secondary N) is 3. The second kappa shape index (κ2) is 8.11. The van der Waals surface area contributed by atoms with Gasteiger partial charge in [0.25, 0.3) is 0 Å². The van der Waals surface area contributed by atoms with E-state index in [2.05, 4.69) is 30.7 Å². The van der Waals surface area contributed by atoms with E-state index in [1.165, 1.54) is 17.0 Å². The Morgan fingerprint density at radius 3 is 2.97 bits per heavy atom. The van der Waals surface area contributed by atoms with Gasteiger partial charge in [0.2, 0.25) is 0 Å². The molecule has 4 rings (SSSR count). The molecule has 1 atom stereocenters. The Morgan fingerprint density at radius 1 is 1.37 bits per heavy atom. The van der Waals surface area contributed by atoms with Crippen LogP contribution in [0.15, 0.2) is 30.6 Å². The predicted molar refractivity (Wildman–Crippen MR) is 106 cm³/mol. The molecule has 0 aliphatic carbocycles. The van der Waals surface area contributed by atoms with E-state index >= 15 is 0 Å². The molecular formula is C19H20F2N6O3. The van der Waals surface area contributed by atoms with Crippen molar-refractivity contribution in [1.29, 1.82) is 0 Å². The fourth-order valence-electron chi connectivity index (χ4n) is 3.17. The number of aromatic nitrogens is 3. The van der Waals surface area contributed by atoms with Gasteiger partial charge >= 0.3 is 12.6 Å². The third-order valence-corrected chi connectivity index (χ3v) is 4.52. The largest absolute Gasteiger partial charge is 0.433 e. The highest BCUT2D eigenvalue weighted by Crippen LogP contribution is 2.32. The molecule has 0 fully saturated rings. The second-order valence-corrected chi connectivity index (χ2v) is 6.79. The topological polar surface area (TPSA) is 102 Å². The van der Waals surface area contributed by atoms with Crippen LogP contribution in [0.5, 0.6) is 5.75 Å². The van der Waals surface area contributed by atoms with Crippen molar-refractivity contribution in [2.45, 2.75) is 26.2 Å². The monoisotopic (exact) mass is 418 g/mol. The number of anilines is 3. The molecule has 1 aromatic carbocycles. The molecule has 9 nitrogen and oxygen atoms in total. The molecule has 0 saturated carbocycles. The van der Waals surface area contributed by atoms with Gasteiger partial charge in [0, 0.05) is 13.1 Å². The summed E-state index contributed by atoms with van der Waals surface area (Å²) >= 11 is 0. The van der Waals surface area contributed by atoms with Gasteiger partial charge in [-0.1, -0.05) is 6.07 Å². The first-order valence-corrected chi connectivity index (χ1v) is 9.24. The maximum atomic E-state index is 12.9. The average Bonchev–Trinajstić information content (AvgIpc) is 3.12. The van der Waals surface area contributed by atoms with Crippen molar-refractivity contribution < 1.29 is 23.0 Å². The van der Waals surface area contributed by atoms with Crippen molar-refractivity contribution in [3.63, 3.8) is 0 Å². The zero-order valence-corrected chi connectivity index (χ0v) is 16.3. The quantitative estimate of drug-likeness (QED) is 0.600. The Balaban J connectivity index is 1.86. The minimum Gasteiger partial charge on any atom is -0.433 e. The van der Waals surface area contributed by atoms with E-state index in [4.69, 9.17) is 4.74 Å². The highest BCUT2D eigenvalue weighted by Gasteiger charge is 2.19. The Morgan fingerprint density at radius 2 is 2.20 bits per heavy atom. The molecule has 11 heteroatoms. The first kappa shape index (κ1) is 19.8. The van der Waals surface area contributed by atoms with Crippen LogP contribution in [0.2, 0.25) is 0 Å². The summed E-state index contributed by atoms with van der Waals surface area (Å²) in [4.78, 5) is 21.4. The molecule has 1 amide bonds. The van der Waals surface area contributed by atoms with Crippen molar-refractivity contribution in [3.8, 4) is 5.75 Å². The standard InChI is InChI=1S/C19H20F2N6O3/c1-10-7-29-8-11-3-4-14(30-18(20)21)12(5-11)25-15-6-13(22-2)16-17(26-15)27(9-23-16)19(28)24-10/h3-6,9-10,18H,7-8H2,1-2H3,(H,24,28)(H2,22,25,26)/t10-/m1/s1. The number of benzene rings is 1. The number of carbonyl (C=O) groups is 1. The predicted octanol–water partition coefficient (Wildman–Crippen LogP) is 3.29. The molecular weight excluding hydrogens is 398 g/mol. The highest BCUT2D eigenvalue weighted by molar-refractivity contribution is 5.94. The van der Waals surface area contributed by atoms with Crippen LogP contribution < -0.4 is 20.7 Å². The number of carbonyl (C=O) groups excluding carboxylic acids is 1. The number of pyridine rings is 1. The molecule has 0 spiro atoms. The number of fused-ring (bicyclic) bond motifs is 3. The summed E-state index contributed by atoms with van der Waals surface area (Å²) in [7, 11) is 1.71. The first-order chi connectivity index (χ1) is 14.4. The molecule has 1 aliphatic heterocycles. The van der Waals surface area contributed by atoms with Crippen LogP contribution in [0.25, 0.3) is 11.2 Å². The van der Waals surface area contributed by atoms with Crippen LogP contribution in [0, 0.1) is 0 Å². The zero-order valence-electron chi connectivity index (χ0n) is 16.3. The second-order valence-electron chi connectivity index (χ2n) is 6.79. The lowest BCUT2D eigenvalue weighted by atomic mass is 10.2. The third kappa shape index (κ3) is 3.96. The van der Waals surface area contributed by atoms with E-state index in [1.54, 1.807) is 25.2 Å². The SMILES string of the molecule is CNc1cc2nc3c1ncn3C(=O)N[C@H](C)COCc1ccc(OC(F)F)c(c1)N2. The number of alkyl halides is 2. The van der Waals surface area contributed by atoms with E-state index in [-0.39, 0.29) is 25.0 Å². The number of amides is 1. The minimum absolute atomic E-state index is 0.0339. The lowest BCUT2D eigenvalue weighted by Crippen LogP contribution is -2.38. The van der Waals surface area contributed by atoms with Gasteiger partial charge in [-0.3, -0.25) is 0 Å². The first-order valence-electron chi connectivity index (χ1n) is 9.24. The van der Waals surface area contributed by atoms with Gasteiger partial charge in [-0.15, -0.1) is 0 Å². The fourth-order valence-corrected chi connectivity index (χ4v) is 3.17. The van der Waals surface area contributed by atoms with Crippen molar-refractivity contribution in [2.24, 2.45) is 0 Å². The number of hydrogen-bond donors (Lipinski definition) is 3. The number of hydrogen-bond acceptors (Lipinski definition) is 7. The third-order valence-electron chi connectivity index (χ3n) is 4.52. The summed E-state index contributed by atoms with van der Waals surface area (Å²) in [6.45, 7) is -0.675. The molecule has 3 N–H and O–H groups in total. The van der Waals surface area contributed by atoms with Gasteiger partial charge in [0.1, 0.15) is 23.4 Å². The molecule has 3 heterocycles. The summed E-state index contributed by atoms with van der Waals surface area (Å²) in [6.07, 6.45) is 1.38. The zero-order chi connectivity index (χ0) is 21.3. The summed E-state index contributed by atoms with van der Waals surface area (Å²) in [5.41, 5.74) is 2.46. The number of halogens is 2. The summed E-state index contributed by atoms with van der Waals surface area (Å²) in [5.74, 6) is 0.289. The molecule has 3 aromatic rings. The van der Waals surface area contributed by atoms with Crippen LogP contribution in [0.4, 0.5) is 30.8 Å². The normalized spacial score (nSPS) is 16.8. The van der Waals surface area contributed by atoms with E-state index in [1.807, 2.05) is 6.92 Å². The summed E-state index contributed by atoms with van der Waals surface area (Å²) < 4.78 is 37.3. The molecule has 1 aliphatic rings. The van der Waals surface area contributed by atoms with Gasteiger partial charge in [-0.25, -0.2) is 19.3 Å². The van der Waals surface area contributed by atoms with E-state index in [0.717, 1.165) is 5.56 Å². The average molecular weight is 418 g/mol. The van der Waals surface area contributed by atoms with Crippen LogP contribution in [-0.2, 0) is 11.3 Å². The van der Waals surface area contributed by atoms with E-state index in [9.17, 15) is 13.6 Å². The highest BCUT2D eigenvalue weighted by atomic mass is 19.3. The Bertz CT molecular complexity index is 1090. The Hall–Kier alpha value is -3.47. The Labute approximate surface area is 170 Å².